The minimum Gasteiger partial charge on any atom is -0.394 e. The summed E-state index contributed by atoms with van der Waals surface area (Å²) in [4.78, 5) is 9.27. The van der Waals surface area contributed by atoms with Gasteiger partial charge in [0.25, 0.3) is 0 Å². The minimum absolute atomic E-state index is 0.162. The van der Waals surface area contributed by atoms with Crippen molar-refractivity contribution in [3.63, 3.8) is 0 Å². The maximum absolute atomic E-state index is 9.58. The van der Waals surface area contributed by atoms with Crippen molar-refractivity contribution in [1.82, 2.24) is 9.97 Å². The molecule has 0 bridgehead atoms. The maximum Gasteiger partial charge on any atom is 0.136 e. The predicted octanol–water partition coefficient (Wildman–Crippen LogP) is 2.03. The van der Waals surface area contributed by atoms with Crippen molar-refractivity contribution in [2.24, 2.45) is 0 Å². The van der Waals surface area contributed by atoms with Crippen LogP contribution in [0.5, 0.6) is 0 Å². The first-order valence-corrected chi connectivity index (χ1v) is 7.13. The van der Waals surface area contributed by atoms with Crippen molar-refractivity contribution >= 4 is 11.6 Å². The Bertz CT molecular complexity index is 475. The van der Waals surface area contributed by atoms with Crippen molar-refractivity contribution < 1.29 is 5.11 Å². The highest BCUT2D eigenvalue weighted by Gasteiger charge is 2.37. The normalized spacial score (nSPS) is 20.8. The molecule has 3 N–H and O–H groups in total. The van der Waals surface area contributed by atoms with Gasteiger partial charge in [-0.1, -0.05) is 0 Å². The second-order valence-corrected chi connectivity index (χ2v) is 5.85. The average Bonchev–Trinajstić information content (AvgIpc) is 3.20. The number of aliphatic hydroxyl groups is 1. The molecule has 1 aromatic heterocycles. The molecule has 2 fully saturated rings. The number of anilines is 2. The zero-order chi connectivity index (χ0) is 13.5. The van der Waals surface area contributed by atoms with E-state index in [2.05, 4.69) is 20.6 Å². The Morgan fingerprint density at radius 3 is 2.42 bits per heavy atom. The molecule has 2 aliphatic carbocycles. The summed E-state index contributed by atoms with van der Waals surface area (Å²) in [6.45, 7) is 2.19. The van der Waals surface area contributed by atoms with E-state index in [1.807, 2.05) is 14.0 Å². The zero-order valence-electron chi connectivity index (χ0n) is 11.7. The van der Waals surface area contributed by atoms with Gasteiger partial charge in [-0.05, 0) is 39.0 Å². The van der Waals surface area contributed by atoms with Crippen LogP contribution in [0.1, 0.15) is 49.4 Å². The third-order valence-corrected chi connectivity index (χ3v) is 4.34. The van der Waals surface area contributed by atoms with E-state index in [9.17, 15) is 5.11 Å². The fourth-order valence-corrected chi connectivity index (χ4v) is 2.60. The van der Waals surface area contributed by atoms with Crippen molar-refractivity contribution in [3.05, 3.63) is 11.4 Å². The molecule has 1 heterocycles. The smallest absolute Gasteiger partial charge is 0.136 e. The molecule has 1 aromatic rings. The van der Waals surface area contributed by atoms with Crippen molar-refractivity contribution in [1.29, 1.82) is 0 Å². The minimum atomic E-state index is -0.162. The lowest BCUT2D eigenvalue weighted by Crippen LogP contribution is -2.48. The van der Waals surface area contributed by atoms with Crippen LogP contribution in [0.2, 0.25) is 0 Å². The lowest BCUT2D eigenvalue weighted by molar-refractivity contribution is 0.143. The lowest BCUT2D eigenvalue weighted by Gasteiger charge is -2.41. The molecule has 19 heavy (non-hydrogen) atoms. The largest absolute Gasteiger partial charge is 0.394 e. The van der Waals surface area contributed by atoms with Gasteiger partial charge in [-0.25, -0.2) is 9.97 Å². The summed E-state index contributed by atoms with van der Waals surface area (Å²) in [5.41, 5.74) is 0.872. The molecule has 104 valence electrons. The number of aliphatic hydroxyl groups excluding tert-OH is 1. The van der Waals surface area contributed by atoms with Gasteiger partial charge in [0.05, 0.1) is 12.1 Å². The van der Waals surface area contributed by atoms with Gasteiger partial charge in [0.2, 0.25) is 0 Å². The maximum atomic E-state index is 9.58. The first-order valence-electron chi connectivity index (χ1n) is 7.13. The van der Waals surface area contributed by atoms with Gasteiger partial charge in [-0.15, -0.1) is 0 Å². The second kappa shape index (κ2) is 4.63. The average molecular weight is 262 g/mol. The van der Waals surface area contributed by atoms with Gasteiger partial charge in [0.1, 0.15) is 17.5 Å². The van der Waals surface area contributed by atoms with Gasteiger partial charge >= 0.3 is 0 Å². The molecular weight excluding hydrogens is 240 g/mol. The quantitative estimate of drug-likeness (QED) is 0.757. The molecular formula is C14H22N4O. The van der Waals surface area contributed by atoms with E-state index in [4.69, 9.17) is 0 Å². The summed E-state index contributed by atoms with van der Waals surface area (Å²) in [6, 6.07) is 0. The molecule has 0 spiro atoms. The third-order valence-electron chi connectivity index (χ3n) is 4.34. The highest BCUT2D eigenvalue weighted by Crippen LogP contribution is 2.41. The van der Waals surface area contributed by atoms with Crippen LogP contribution in [0.3, 0.4) is 0 Å². The molecule has 0 radical (unpaired) electrons. The highest BCUT2D eigenvalue weighted by atomic mass is 16.3. The molecule has 0 amide bonds. The number of nitrogens with zero attached hydrogens (tertiary/aromatic N) is 2. The van der Waals surface area contributed by atoms with E-state index >= 15 is 0 Å². The van der Waals surface area contributed by atoms with Crippen LogP contribution in [0.4, 0.5) is 11.6 Å². The standard InChI is InChI=1S/C14H22N4O/c1-9-11(15-2)16-13(10-4-5-10)17-12(9)18-14(8-19)6-3-7-14/h10,19H,3-8H2,1-2H3,(H2,15,16,17,18). The summed E-state index contributed by atoms with van der Waals surface area (Å²) in [5.74, 6) is 3.24. The fourth-order valence-electron chi connectivity index (χ4n) is 2.60. The topological polar surface area (TPSA) is 70.1 Å². The summed E-state index contributed by atoms with van der Waals surface area (Å²) < 4.78 is 0. The number of hydrogen-bond acceptors (Lipinski definition) is 5. The van der Waals surface area contributed by atoms with Gasteiger partial charge in [-0.3, -0.25) is 0 Å². The Labute approximate surface area is 113 Å². The molecule has 0 unspecified atom stereocenters. The molecule has 3 rings (SSSR count). The number of hydrogen-bond donors (Lipinski definition) is 3. The van der Waals surface area contributed by atoms with Gasteiger partial charge in [0.15, 0.2) is 0 Å². The van der Waals surface area contributed by atoms with Crippen LogP contribution in [-0.4, -0.2) is 34.3 Å². The third kappa shape index (κ3) is 2.27. The zero-order valence-corrected chi connectivity index (χ0v) is 11.7. The summed E-state index contributed by atoms with van der Waals surface area (Å²) >= 11 is 0. The Kier molecular flexibility index (Phi) is 3.09. The van der Waals surface area contributed by atoms with E-state index in [1.54, 1.807) is 0 Å². The van der Waals surface area contributed by atoms with E-state index < -0.39 is 0 Å². The molecule has 2 aliphatic rings. The van der Waals surface area contributed by atoms with Crippen LogP contribution in [0.15, 0.2) is 0 Å². The van der Waals surface area contributed by atoms with Gasteiger partial charge < -0.3 is 15.7 Å². The summed E-state index contributed by atoms with van der Waals surface area (Å²) in [5, 5.41) is 16.2. The first kappa shape index (κ1) is 12.7. The monoisotopic (exact) mass is 262 g/mol. The van der Waals surface area contributed by atoms with Crippen molar-refractivity contribution in [2.75, 3.05) is 24.3 Å². The molecule has 0 atom stereocenters. The summed E-state index contributed by atoms with van der Waals surface area (Å²) in [7, 11) is 1.89. The Morgan fingerprint density at radius 2 is 1.95 bits per heavy atom. The lowest BCUT2D eigenvalue weighted by atomic mass is 9.77. The van der Waals surface area contributed by atoms with Crippen LogP contribution < -0.4 is 10.6 Å². The summed E-state index contributed by atoms with van der Waals surface area (Å²) in [6.07, 6.45) is 5.58. The van der Waals surface area contributed by atoms with Crippen LogP contribution in [0.25, 0.3) is 0 Å². The Morgan fingerprint density at radius 1 is 1.26 bits per heavy atom. The predicted molar refractivity (Wildman–Crippen MR) is 75.6 cm³/mol. The molecule has 0 aromatic carbocycles. The fraction of sp³-hybridized carbons (Fsp3) is 0.714. The molecule has 2 saturated carbocycles. The molecule has 5 nitrogen and oxygen atoms in total. The molecule has 5 heteroatoms. The van der Waals surface area contributed by atoms with Gasteiger partial charge in [0, 0.05) is 18.5 Å². The molecule has 0 saturated heterocycles. The van der Waals surface area contributed by atoms with E-state index in [0.717, 1.165) is 35.9 Å². The van der Waals surface area contributed by atoms with E-state index in [1.165, 1.54) is 19.3 Å². The first-order chi connectivity index (χ1) is 9.17. The van der Waals surface area contributed by atoms with Crippen LogP contribution in [-0.2, 0) is 0 Å². The van der Waals surface area contributed by atoms with Crippen LogP contribution >= 0.6 is 0 Å². The van der Waals surface area contributed by atoms with E-state index in [-0.39, 0.29) is 12.1 Å². The number of rotatable bonds is 5. The van der Waals surface area contributed by atoms with E-state index in [0.29, 0.717) is 5.92 Å². The number of aromatic nitrogens is 2. The Balaban J connectivity index is 1.92. The number of nitrogens with one attached hydrogen (secondary N) is 2. The van der Waals surface area contributed by atoms with Crippen molar-refractivity contribution in [3.8, 4) is 0 Å². The Hall–Kier alpha value is -1.36. The SMILES string of the molecule is CNc1nc(C2CC2)nc(NC2(CO)CCC2)c1C. The molecule has 0 aliphatic heterocycles. The van der Waals surface area contributed by atoms with Crippen molar-refractivity contribution in [2.45, 2.75) is 50.5 Å². The van der Waals surface area contributed by atoms with Crippen LogP contribution in [0, 0.1) is 6.92 Å². The second-order valence-electron chi connectivity index (χ2n) is 5.85. The highest BCUT2D eigenvalue weighted by molar-refractivity contribution is 5.58. The van der Waals surface area contributed by atoms with Gasteiger partial charge in [-0.2, -0.15) is 0 Å².